The number of ketones is 2. The molecule has 0 radical (unpaired) electrons. The van der Waals surface area contributed by atoms with Crippen LogP contribution in [0.4, 0.5) is 4.39 Å². The molecule has 1 aromatic rings. The molecular formula is C32H38FN3O7. The highest BCUT2D eigenvalue weighted by molar-refractivity contribution is 6.24. The fourth-order valence-corrected chi connectivity index (χ4v) is 10.1. The Balaban J connectivity index is 1.26. The van der Waals surface area contributed by atoms with Gasteiger partial charge in [0.25, 0.3) is 5.91 Å². The van der Waals surface area contributed by atoms with E-state index >= 15 is 4.39 Å². The summed E-state index contributed by atoms with van der Waals surface area (Å²) >= 11 is 0. The van der Waals surface area contributed by atoms with E-state index < -0.39 is 69.6 Å². The van der Waals surface area contributed by atoms with E-state index in [0.717, 1.165) is 19.3 Å². The number of benzene rings is 1. The smallest absolute Gasteiger partial charge is 0.255 e. The minimum atomic E-state index is -2.72. The predicted octanol–water partition coefficient (Wildman–Crippen LogP) is 2.16. The monoisotopic (exact) mass is 595 g/mol. The number of rotatable bonds is 5. The molecule has 0 aliphatic heterocycles. The van der Waals surface area contributed by atoms with Crippen LogP contribution in [-0.2, 0) is 27.3 Å². The Kier molecular flexibility index (Phi) is 6.20. The highest BCUT2D eigenvalue weighted by Gasteiger charge is 2.64. The third-order valence-corrected chi connectivity index (χ3v) is 11.4. The first-order valence-corrected chi connectivity index (χ1v) is 15.2. The number of nitrogens with zero attached hydrogens (tertiary/aromatic N) is 1. The molecule has 0 heterocycles. The first-order chi connectivity index (χ1) is 20.3. The van der Waals surface area contributed by atoms with E-state index in [1.54, 1.807) is 0 Å². The van der Waals surface area contributed by atoms with Crippen LogP contribution in [-0.4, -0.2) is 74.1 Å². The molecule has 7 aliphatic rings. The van der Waals surface area contributed by atoms with Gasteiger partial charge in [0.2, 0.25) is 5.78 Å². The average Bonchev–Trinajstić information content (AvgIpc) is 2.90. The van der Waals surface area contributed by atoms with Crippen molar-refractivity contribution in [3.63, 3.8) is 0 Å². The van der Waals surface area contributed by atoms with E-state index in [1.165, 1.54) is 44.3 Å². The SMILES string of the molecule is CN(C)[C@@H]1C(=O)C(C(N)=O)=C(O)[C@@]2(O)C(=O)C3=C(O)c4c(O)cc(CNC56CC7CC(CC(C7)C5)C6)c(F)c4C[C@H]3C[C@@H]12. The summed E-state index contributed by atoms with van der Waals surface area (Å²) in [7, 11) is 3.07. The number of phenolic OH excluding ortho intramolecular Hbond substituents is 1. The van der Waals surface area contributed by atoms with Crippen LogP contribution in [0.2, 0.25) is 0 Å². The largest absolute Gasteiger partial charge is 0.508 e. The number of aromatic hydroxyl groups is 1. The number of hydrogen-bond donors (Lipinski definition) is 6. The normalized spacial score (nSPS) is 38.0. The van der Waals surface area contributed by atoms with Crippen LogP contribution in [0.25, 0.3) is 5.76 Å². The van der Waals surface area contributed by atoms with Gasteiger partial charge in [-0.2, -0.15) is 0 Å². The molecule has 5 fully saturated rings. The van der Waals surface area contributed by atoms with Gasteiger partial charge in [0.15, 0.2) is 11.4 Å². The molecule has 5 saturated carbocycles. The van der Waals surface area contributed by atoms with Crippen molar-refractivity contribution >= 4 is 23.2 Å². The third-order valence-electron chi connectivity index (χ3n) is 11.4. The van der Waals surface area contributed by atoms with Crippen LogP contribution >= 0.6 is 0 Å². The van der Waals surface area contributed by atoms with Crippen molar-refractivity contribution in [1.82, 2.24) is 10.2 Å². The highest BCUT2D eigenvalue weighted by Crippen LogP contribution is 2.56. The van der Waals surface area contributed by atoms with Crippen LogP contribution in [0.15, 0.2) is 23.0 Å². The van der Waals surface area contributed by atoms with Crippen molar-refractivity contribution in [2.24, 2.45) is 35.3 Å². The number of nitrogens with one attached hydrogen (secondary N) is 1. The number of halogens is 1. The van der Waals surface area contributed by atoms with E-state index in [1.807, 2.05) is 0 Å². The number of carbonyl (C=O) groups excluding carboxylic acids is 3. The molecule has 230 valence electrons. The van der Waals surface area contributed by atoms with Gasteiger partial charge in [-0.15, -0.1) is 0 Å². The van der Waals surface area contributed by atoms with Gasteiger partial charge >= 0.3 is 0 Å². The van der Waals surface area contributed by atoms with Gasteiger partial charge in [-0.05, 0) is 95.2 Å². The van der Waals surface area contributed by atoms with Gasteiger partial charge in [-0.3, -0.25) is 19.3 Å². The molecule has 4 atom stereocenters. The van der Waals surface area contributed by atoms with Crippen molar-refractivity contribution < 1.29 is 39.2 Å². The molecule has 0 unspecified atom stereocenters. The molecule has 0 spiro atoms. The number of aliphatic hydroxyl groups excluding tert-OH is 2. The summed E-state index contributed by atoms with van der Waals surface area (Å²) in [5.74, 6) is -5.95. The summed E-state index contributed by atoms with van der Waals surface area (Å²) in [5, 5.41) is 48.7. The zero-order valence-electron chi connectivity index (χ0n) is 24.3. The highest BCUT2D eigenvalue weighted by atomic mass is 19.1. The van der Waals surface area contributed by atoms with Gasteiger partial charge in [0, 0.05) is 34.7 Å². The number of nitrogens with two attached hydrogens (primary N) is 1. The van der Waals surface area contributed by atoms with Crippen molar-refractivity contribution in [3.8, 4) is 5.75 Å². The molecule has 43 heavy (non-hydrogen) atoms. The minimum Gasteiger partial charge on any atom is -0.508 e. The Morgan fingerprint density at radius 1 is 1.07 bits per heavy atom. The summed E-state index contributed by atoms with van der Waals surface area (Å²) in [4.78, 5) is 40.7. The van der Waals surface area contributed by atoms with Gasteiger partial charge in [0.1, 0.15) is 28.7 Å². The molecule has 11 heteroatoms. The van der Waals surface area contributed by atoms with E-state index in [9.17, 15) is 34.8 Å². The number of amides is 1. The summed E-state index contributed by atoms with van der Waals surface area (Å²) in [6, 6.07) is 0.0829. The van der Waals surface area contributed by atoms with E-state index in [2.05, 4.69) is 5.32 Å². The van der Waals surface area contributed by atoms with Gasteiger partial charge < -0.3 is 31.5 Å². The number of primary amides is 1. The predicted molar refractivity (Wildman–Crippen MR) is 152 cm³/mol. The Morgan fingerprint density at radius 3 is 2.23 bits per heavy atom. The van der Waals surface area contributed by atoms with Crippen molar-refractivity contribution in [1.29, 1.82) is 0 Å². The lowest BCUT2D eigenvalue weighted by molar-refractivity contribution is -0.153. The van der Waals surface area contributed by atoms with Gasteiger partial charge in [0.05, 0.1) is 11.6 Å². The van der Waals surface area contributed by atoms with E-state index in [4.69, 9.17) is 5.73 Å². The minimum absolute atomic E-state index is 0.0316. The first kappa shape index (κ1) is 28.5. The maximum Gasteiger partial charge on any atom is 0.255 e. The zero-order valence-corrected chi connectivity index (χ0v) is 24.3. The van der Waals surface area contributed by atoms with E-state index in [-0.39, 0.29) is 47.2 Å². The Labute approximate surface area is 248 Å². The fourth-order valence-electron chi connectivity index (χ4n) is 10.1. The van der Waals surface area contributed by atoms with Crippen LogP contribution in [0.5, 0.6) is 5.75 Å². The van der Waals surface area contributed by atoms with Crippen molar-refractivity contribution in [2.75, 3.05) is 14.1 Å². The average molecular weight is 596 g/mol. The fraction of sp³-hybridized carbons (Fsp3) is 0.594. The molecule has 1 amide bonds. The van der Waals surface area contributed by atoms with Crippen LogP contribution in [0.1, 0.15) is 61.6 Å². The quantitative estimate of drug-likeness (QED) is 0.279. The van der Waals surface area contributed by atoms with Gasteiger partial charge in [-0.1, -0.05) is 0 Å². The second-order valence-electron chi connectivity index (χ2n) is 14.2. The maximum atomic E-state index is 16.2. The molecule has 8 rings (SSSR count). The second-order valence-corrected chi connectivity index (χ2v) is 14.2. The summed E-state index contributed by atoms with van der Waals surface area (Å²) < 4.78 is 16.2. The Bertz CT molecular complexity index is 1510. The zero-order chi connectivity index (χ0) is 30.7. The molecule has 4 bridgehead atoms. The van der Waals surface area contributed by atoms with Crippen molar-refractivity contribution in [3.05, 3.63) is 45.5 Å². The number of likely N-dealkylation sites (N-methyl/N-ethyl adjacent to an activating group) is 1. The van der Waals surface area contributed by atoms with Crippen molar-refractivity contribution in [2.45, 2.75) is 75.1 Å². The molecule has 7 aliphatic carbocycles. The van der Waals surface area contributed by atoms with E-state index in [0.29, 0.717) is 17.8 Å². The third kappa shape index (κ3) is 3.90. The lowest BCUT2D eigenvalue weighted by Gasteiger charge is -2.57. The topological polar surface area (TPSA) is 173 Å². The number of carbonyl (C=O) groups is 3. The Hall–Kier alpha value is -3.28. The summed E-state index contributed by atoms with van der Waals surface area (Å²) in [6.45, 7) is 0.216. The Morgan fingerprint density at radius 2 is 1.67 bits per heavy atom. The molecule has 7 N–H and O–H groups in total. The number of phenols is 1. The second kappa shape index (κ2) is 9.36. The lowest BCUT2D eigenvalue weighted by atomic mass is 9.53. The lowest BCUT2D eigenvalue weighted by Crippen LogP contribution is -2.65. The molecule has 10 nitrogen and oxygen atoms in total. The molecule has 0 aromatic heterocycles. The number of hydrogen-bond acceptors (Lipinski definition) is 9. The summed E-state index contributed by atoms with van der Waals surface area (Å²) in [5.41, 5.74) is 1.55. The summed E-state index contributed by atoms with van der Waals surface area (Å²) in [6.07, 6.45) is 6.89. The standard InChI is InChI=1S/C32H38FN3O7/c1-36(2)25-19-7-16-6-18-22(26(38)21(16)28(40)32(19,43)29(41)23(27(25)39)30(34)42)20(37)8-17(24(18)33)12-35-31-9-13-3-14(10-31)5-15(4-13)11-31/h8,13-16,19,25,35,37-38,41,43H,3-7,9-12H2,1-2H3,(H2,34,42)/t13?,14?,15?,16-,19-,25-,31?,32-/m0/s1. The van der Waals surface area contributed by atoms with Crippen LogP contribution in [0, 0.1) is 35.4 Å². The van der Waals surface area contributed by atoms with Crippen LogP contribution < -0.4 is 11.1 Å². The maximum absolute atomic E-state index is 16.2. The first-order valence-electron chi connectivity index (χ1n) is 15.2. The van der Waals surface area contributed by atoms with Crippen LogP contribution in [0.3, 0.4) is 0 Å². The number of fused-ring (bicyclic) bond motifs is 3. The molecule has 0 saturated heterocycles. The molecule has 1 aromatic carbocycles. The number of aliphatic hydroxyl groups is 3. The molecular weight excluding hydrogens is 557 g/mol. The van der Waals surface area contributed by atoms with Gasteiger partial charge in [-0.25, -0.2) is 4.39 Å². The number of Topliss-reactive ketones (excluding diaryl/α,β-unsaturated/α-hetero) is 2.